The summed E-state index contributed by atoms with van der Waals surface area (Å²) < 4.78 is 34.2. The highest BCUT2D eigenvalue weighted by Crippen LogP contribution is 2.28. The first-order valence-electron chi connectivity index (χ1n) is 11.2. The highest BCUT2D eigenvalue weighted by atomic mass is 32.2. The number of hydrogen-bond donors (Lipinski definition) is 1. The Morgan fingerprint density at radius 2 is 1.65 bits per heavy atom. The number of methoxy groups -OCH3 is 1. The lowest BCUT2D eigenvalue weighted by molar-refractivity contribution is 0.0746. The molecule has 1 aliphatic heterocycles. The van der Waals surface area contributed by atoms with Crippen molar-refractivity contribution in [2.24, 2.45) is 0 Å². The van der Waals surface area contributed by atoms with Gasteiger partial charge in [0.1, 0.15) is 5.75 Å². The van der Waals surface area contributed by atoms with Gasteiger partial charge < -0.3 is 14.5 Å². The van der Waals surface area contributed by atoms with Crippen LogP contribution in [-0.2, 0) is 10.0 Å². The molecule has 1 saturated heterocycles. The van der Waals surface area contributed by atoms with E-state index in [0.717, 1.165) is 18.8 Å². The Morgan fingerprint density at radius 3 is 2.35 bits per heavy atom. The summed E-state index contributed by atoms with van der Waals surface area (Å²) >= 11 is 0. The maximum Gasteiger partial charge on any atom is 0.262 e. The van der Waals surface area contributed by atoms with Gasteiger partial charge in [0.15, 0.2) is 0 Å². The molecule has 0 atom stereocenters. The van der Waals surface area contributed by atoms with Crippen LogP contribution in [0, 0.1) is 13.8 Å². The van der Waals surface area contributed by atoms with E-state index in [1.165, 1.54) is 18.7 Å². The van der Waals surface area contributed by atoms with Crippen molar-refractivity contribution in [1.29, 1.82) is 0 Å². The number of benzene rings is 3. The number of amides is 1. The first kappa shape index (κ1) is 23.6. The number of piperazine rings is 1. The number of nitrogens with zero attached hydrogens (tertiary/aromatic N) is 2. The van der Waals surface area contributed by atoms with Crippen molar-refractivity contribution >= 4 is 27.3 Å². The molecule has 0 saturated carbocycles. The van der Waals surface area contributed by atoms with Gasteiger partial charge in [0.2, 0.25) is 0 Å². The van der Waals surface area contributed by atoms with Crippen molar-refractivity contribution in [3.8, 4) is 5.75 Å². The van der Waals surface area contributed by atoms with Crippen molar-refractivity contribution in [2.45, 2.75) is 18.7 Å². The highest BCUT2D eigenvalue weighted by Gasteiger charge is 2.25. The second-order valence-electron chi connectivity index (χ2n) is 8.40. The number of para-hydroxylation sites is 2. The third kappa shape index (κ3) is 5.02. The van der Waals surface area contributed by atoms with Gasteiger partial charge in [-0.3, -0.25) is 9.52 Å². The fourth-order valence-electron chi connectivity index (χ4n) is 4.13. The van der Waals surface area contributed by atoms with Gasteiger partial charge in [-0.05, 0) is 61.4 Å². The van der Waals surface area contributed by atoms with Crippen LogP contribution in [-0.4, -0.2) is 52.5 Å². The number of carbonyl (C=O) groups is 1. The molecule has 1 fully saturated rings. The van der Waals surface area contributed by atoms with Crippen LogP contribution in [0.1, 0.15) is 21.5 Å². The van der Waals surface area contributed by atoms with Crippen LogP contribution in [0.3, 0.4) is 0 Å². The average Bonchev–Trinajstić information content (AvgIpc) is 2.84. The number of sulfonamides is 1. The molecule has 0 spiro atoms. The molecular weight excluding hydrogens is 450 g/mol. The summed E-state index contributed by atoms with van der Waals surface area (Å²) in [6, 6.07) is 19.9. The Kier molecular flexibility index (Phi) is 6.79. The Bertz CT molecular complexity index is 1300. The number of aryl methyl sites for hydroxylation is 2. The first-order chi connectivity index (χ1) is 16.3. The Morgan fingerprint density at radius 1 is 0.912 bits per heavy atom. The average molecular weight is 480 g/mol. The number of anilines is 2. The minimum absolute atomic E-state index is 0.0719. The van der Waals surface area contributed by atoms with Gasteiger partial charge in [0.25, 0.3) is 15.9 Å². The van der Waals surface area contributed by atoms with Crippen molar-refractivity contribution in [2.75, 3.05) is 42.9 Å². The van der Waals surface area contributed by atoms with E-state index in [1.54, 1.807) is 48.2 Å². The quantitative estimate of drug-likeness (QED) is 0.577. The normalized spacial score (nSPS) is 14.1. The largest absolute Gasteiger partial charge is 0.495 e. The van der Waals surface area contributed by atoms with E-state index in [0.29, 0.717) is 35.7 Å². The molecule has 0 unspecified atom stereocenters. The molecule has 8 heteroatoms. The zero-order valence-corrected chi connectivity index (χ0v) is 20.4. The summed E-state index contributed by atoms with van der Waals surface area (Å²) in [7, 11) is -2.44. The molecule has 34 heavy (non-hydrogen) atoms. The molecular formula is C26H29N3O4S. The number of rotatable bonds is 6. The summed E-state index contributed by atoms with van der Waals surface area (Å²) in [5.41, 5.74) is 3.61. The topological polar surface area (TPSA) is 78.9 Å². The molecule has 4 rings (SSSR count). The fourth-order valence-corrected chi connectivity index (χ4v) is 5.47. The van der Waals surface area contributed by atoms with Crippen molar-refractivity contribution in [1.82, 2.24) is 4.90 Å². The summed E-state index contributed by atoms with van der Waals surface area (Å²) in [5, 5.41) is 0. The number of hydrogen-bond acceptors (Lipinski definition) is 5. The third-order valence-electron chi connectivity index (χ3n) is 6.01. The van der Waals surface area contributed by atoms with Crippen molar-refractivity contribution < 1.29 is 17.9 Å². The van der Waals surface area contributed by atoms with Crippen LogP contribution in [0.5, 0.6) is 5.75 Å². The van der Waals surface area contributed by atoms with E-state index in [2.05, 4.69) is 34.7 Å². The van der Waals surface area contributed by atoms with E-state index in [1.807, 2.05) is 6.07 Å². The van der Waals surface area contributed by atoms with Crippen LogP contribution in [0.15, 0.2) is 71.6 Å². The highest BCUT2D eigenvalue weighted by molar-refractivity contribution is 7.92. The molecule has 3 aromatic rings. The smallest absolute Gasteiger partial charge is 0.262 e. The molecule has 0 aromatic heterocycles. The van der Waals surface area contributed by atoms with Gasteiger partial charge in [0.05, 0.1) is 17.7 Å². The van der Waals surface area contributed by atoms with Gasteiger partial charge >= 0.3 is 0 Å². The minimum atomic E-state index is -3.92. The van der Waals surface area contributed by atoms with E-state index in [-0.39, 0.29) is 10.8 Å². The summed E-state index contributed by atoms with van der Waals surface area (Å²) in [5.74, 6) is 0.250. The SMILES string of the molecule is COc1ccccc1NS(=O)(=O)c1cc(C(=O)N2CCN(c3cccc(C)c3)CC2)ccc1C. The van der Waals surface area contributed by atoms with Gasteiger partial charge in [-0.1, -0.05) is 30.3 Å². The van der Waals surface area contributed by atoms with E-state index in [9.17, 15) is 13.2 Å². The number of carbonyl (C=O) groups excluding carboxylic acids is 1. The minimum Gasteiger partial charge on any atom is -0.495 e. The number of nitrogens with one attached hydrogen (secondary N) is 1. The van der Waals surface area contributed by atoms with E-state index < -0.39 is 10.0 Å². The molecule has 0 aliphatic carbocycles. The summed E-state index contributed by atoms with van der Waals surface area (Å²) in [6.45, 7) is 6.37. The molecule has 0 bridgehead atoms. The molecule has 1 amide bonds. The molecule has 7 nitrogen and oxygen atoms in total. The van der Waals surface area contributed by atoms with Crippen molar-refractivity contribution in [3.63, 3.8) is 0 Å². The van der Waals surface area contributed by atoms with Crippen LogP contribution in [0.25, 0.3) is 0 Å². The third-order valence-corrected chi connectivity index (χ3v) is 7.52. The maximum absolute atomic E-state index is 13.2. The second kappa shape index (κ2) is 9.77. The van der Waals surface area contributed by atoms with Gasteiger partial charge in [-0.2, -0.15) is 0 Å². The fraction of sp³-hybridized carbons (Fsp3) is 0.269. The second-order valence-corrected chi connectivity index (χ2v) is 10.1. The van der Waals surface area contributed by atoms with E-state index in [4.69, 9.17) is 4.74 Å². The maximum atomic E-state index is 13.2. The molecule has 178 valence electrons. The van der Waals surface area contributed by atoms with Gasteiger partial charge in [0, 0.05) is 37.4 Å². The lowest BCUT2D eigenvalue weighted by Gasteiger charge is -2.36. The molecule has 3 aromatic carbocycles. The number of ether oxygens (including phenoxy) is 1. The van der Waals surface area contributed by atoms with Gasteiger partial charge in [-0.15, -0.1) is 0 Å². The van der Waals surface area contributed by atoms with Crippen LogP contribution in [0.4, 0.5) is 11.4 Å². The lowest BCUT2D eigenvalue weighted by atomic mass is 10.1. The molecule has 1 heterocycles. The predicted molar refractivity (Wildman–Crippen MR) is 134 cm³/mol. The summed E-state index contributed by atoms with van der Waals surface area (Å²) in [4.78, 5) is 17.3. The zero-order chi connectivity index (χ0) is 24.3. The predicted octanol–water partition coefficient (Wildman–Crippen LogP) is 4.08. The van der Waals surface area contributed by atoms with Crippen LogP contribution in [0.2, 0.25) is 0 Å². The molecule has 0 radical (unpaired) electrons. The first-order valence-corrected chi connectivity index (χ1v) is 12.6. The Balaban J connectivity index is 1.51. The van der Waals surface area contributed by atoms with Crippen LogP contribution < -0.4 is 14.4 Å². The standard InChI is InChI=1S/C26H29N3O4S/c1-19-7-6-8-22(17-19)28-13-15-29(16-14-28)26(30)21-12-11-20(2)25(18-21)34(31,32)27-23-9-4-5-10-24(23)33-3/h4-12,17-18,27H,13-16H2,1-3H3. The Labute approximate surface area is 201 Å². The Hall–Kier alpha value is -3.52. The molecule has 1 aliphatic rings. The van der Waals surface area contributed by atoms with Crippen molar-refractivity contribution in [3.05, 3.63) is 83.4 Å². The van der Waals surface area contributed by atoms with Crippen LogP contribution >= 0.6 is 0 Å². The monoisotopic (exact) mass is 479 g/mol. The molecule has 1 N–H and O–H groups in total. The lowest BCUT2D eigenvalue weighted by Crippen LogP contribution is -2.48. The van der Waals surface area contributed by atoms with Gasteiger partial charge in [-0.25, -0.2) is 8.42 Å². The van der Waals surface area contributed by atoms with E-state index >= 15 is 0 Å². The summed E-state index contributed by atoms with van der Waals surface area (Å²) in [6.07, 6.45) is 0. The zero-order valence-electron chi connectivity index (χ0n) is 19.6.